The Kier molecular flexibility index (Phi) is 4.42. The molecule has 0 unspecified atom stereocenters. The number of hydrogen-bond donors (Lipinski definition) is 1. The number of carboxylic acids is 1. The molecule has 1 heterocycles. The second-order valence-corrected chi connectivity index (χ2v) is 5.53. The fourth-order valence-corrected chi connectivity index (χ4v) is 1.96. The Hall–Kier alpha value is -1.85. The highest BCUT2D eigenvalue weighted by Gasteiger charge is 2.27. The van der Waals surface area contributed by atoms with Gasteiger partial charge in [-0.25, -0.2) is 4.98 Å². The summed E-state index contributed by atoms with van der Waals surface area (Å²) >= 11 is 0. The van der Waals surface area contributed by atoms with Crippen LogP contribution in [0, 0.1) is 12.8 Å². The second-order valence-electron chi connectivity index (χ2n) is 5.53. The van der Waals surface area contributed by atoms with E-state index in [-0.39, 0.29) is 12.6 Å². The monoisotopic (exact) mass is 279 g/mol. The Bertz CT molecular complexity index is 487. The minimum atomic E-state index is -0.873. The zero-order valence-electron chi connectivity index (χ0n) is 12.2. The number of hydrogen-bond acceptors (Lipinski definition) is 5. The molecule has 1 fully saturated rings. The summed E-state index contributed by atoms with van der Waals surface area (Å²) in [5.74, 6) is 0.624. The van der Waals surface area contributed by atoms with Crippen LogP contribution in [0.4, 0.5) is 5.95 Å². The van der Waals surface area contributed by atoms with Gasteiger partial charge >= 0.3 is 5.97 Å². The van der Waals surface area contributed by atoms with E-state index in [0.717, 1.165) is 18.5 Å². The number of aliphatic carboxylic acids is 1. The molecule has 1 aromatic rings. The lowest BCUT2D eigenvalue weighted by atomic mass is 10.3. The van der Waals surface area contributed by atoms with Gasteiger partial charge in [0.05, 0.1) is 6.10 Å². The van der Waals surface area contributed by atoms with Crippen LogP contribution in [0.1, 0.15) is 32.4 Å². The molecular weight excluding hydrogens is 258 g/mol. The highest BCUT2D eigenvalue weighted by atomic mass is 16.5. The van der Waals surface area contributed by atoms with Crippen molar-refractivity contribution < 1.29 is 14.6 Å². The van der Waals surface area contributed by atoms with Crippen LogP contribution in [0.25, 0.3) is 0 Å². The summed E-state index contributed by atoms with van der Waals surface area (Å²) in [5.41, 5.74) is 0.775. The van der Waals surface area contributed by atoms with E-state index in [1.54, 1.807) is 11.0 Å². The highest BCUT2D eigenvalue weighted by molar-refractivity contribution is 5.72. The quantitative estimate of drug-likeness (QED) is 0.821. The summed E-state index contributed by atoms with van der Waals surface area (Å²) in [6.45, 7) is 6.32. The van der Waals surface area contributed by atoms with Crippen LogP contribution in [-0.2, 0) is 4.79 Å². The lowest BCUT2D eigenvalue weighted by Crippen LogP contribution is -2.33. The third-order valence-electron chi connectivity index (χ3n) is 2.96. The molecule has 0 aliphatic heterocycles. The van der Waals surface area contributed by atoms with Gasteiger partial charge in [-0.15, -0.1) is 0 Å². The molecule has 6 nitrogen and oxygen atoms in total. The van der Waals surface area contributed by atoms with E-state index in [1.807, 2.05) is 20.8 Å². The van der Waals surface area contributed by atoms with E-state index in [0.29, 0.717) is 24.3 Å². The van der Waals surface area contributed by atoms with Crippen LogP contribution in [-0.4, -0.2) is 40.2 Å². The van der Waals surface area contributed by atoms with Gasteiger partial charge in [0, 0.05) is 18.3 Å². The van der Waals surface area contributed by atoms with Crippen LogP contribution in [0.15, 0.2) is 6.07 Å². The average molecular weight is 279 g/mol. The summed E-state index contributed by atoms with van der Waals surface area (Å²) in [6.07, 6.45) is 2.32. The molecule has 0 amide bonds. The fraction of sp³-hybridized carbons (Fsp3) is 0.643. The molecular formula is C14H21N3O3. The maximum Gasteiger partial charge on any atom is 0.323 e. The zero-order chi connectivity index (χ0) is 14.7. The molecule has 0 atom stereocenters. The third kappa shape index (κ3) is 4.36. The standard InChI is InChI=1S/C14H21N3O3/c1-9(2)20-12-6-10(3)15-14(16-12)17(8-13(18)19)7-11-4-5-11/h6,9,11H,4-5,7-8H2,1-3H3,(H,18,19). The van der Waals surface area contributed by atoms with Crippen molar-refractivity contribution in [2.24, 2.45) is 5.92 Å². The van der Waals surface area contributed by atoms with E-state index >= 15 is 0 Å². The van der Waals surface area contributed by atoms with Crippen molar-refractivity contribution in [2.75, 3.05) is 18.0 Å². The zero-order valence-corrected chi connectivity index (χ0v) is 12.2. The Balaban J connectivity index is 2.21. The minimum Gasteiger partial charge on any atom is -0.480 e. The second kappa shape index (κ2) is 6.07. The van der Waals surface area contributed by atoms with E-state index in [1.165, 1.54) is 0 Å². The molecule has 0 radical (unpaired) electrons. The van der Waals surface area contributed by atoms with Crippen molar-refractivity contribution in [1.29, 1.82) is 0 Å². The molecule has 1 N–H and O–H groups in total. The average Bonchev–Trinajstić information content (AvgIpc) is 3.09. The summed E-state index contributed by atoms with van der Waals surface area (Å²) in [7, 11) is 0. The van der Waals surface area contributed by atoms with Crippen molar-refractivity contribution in [2.45, 2.75) is 39.7 Å². The summed E-state index contributed by atoms with van der Waals surface area (Å²) in [4.78, 5) is 21.4. The van der Waals surface area contributed by atoms with Gasteiger partial charge in [-0.1, -0.05) is 0 Å². The SMILES string of the molecule is Cc1cc(OC(C)C)nc(N(CC(=O)O)CC2CC2)n1. The van der Waals surface area contributed by atoms with Crippen LogP contribution < -0.4 is 9.64 Å². The maximum absolute atomic E-state index is 11.0. The van der Waals surface area contributed by atoms with E-state index in [4.69, 9.17) is 9.84 Å². The van der Waals surface area contributed by atoms with Crippen molar-refractivity contribution in [3.63, 3.8) is 0 Å². The molecule has 110 valence electrons. The molecule has 1 aliphatic rings. The Morgan fingerprint density at radius 1 is 1.50 bits per heavy atom. The van der Waals surface area contributed by atoms with Gasteiger partial charge in [0.25, 0.3) is 0 Å². The topological polar surface area (TPSA) is 75.5 Å². The van der Waals surface area contributed by atoms with Crippen molar-refractivity contribution >= 4 is 11.9 Å². The molecule has 6 heteroatoms. The normalized spacial score (nSPS) is 14.4. The summed E-state index contributed by atoms with van der Waals surface area (Å²) < 4.78 is 5.59. The van der Waals surface area contributed by atoms with Gasteiger partial charge in [-0.3, -0.25) is 4.79 Å². The highest BCUT2D eigenvalue weighted by Crippen LogP contribution is 2.31. The molecule has 0 aromatic carbocycles. The summed E-state index contributed by atoms with van der Waals surface area (Å²) in [6, 6.07) is 1.76. The minimum absolute atomic E-state index is 0.0218. The number of carboxylic acid groups (broad SMARTS) is 1. The molecule has 1 aromatic heterocycles. The molecule has 0 bridgehead atoms. The smallest absolute Gasteiger partial charge is 0.323 e. The fourth-order valence-electron chi connectivity index (χ4n) is 1.96. The van der Waals surface area contributed by atoms with Crippen LogP contribution >= 0.6 is 0 Å². The van der Waals surface area contributed by atoms with Crippen LogP contribution in [0.3, 0.4) is 0 Å². The first-order valence-corrected chi connectivity index (χ1v) is 6.93. The predicted octanol–water partition coefficient (Wildman–Crippen LogP) is 1.87. The first-order chi connectivity index (χ1) is 9.44. The number of nitrogens with zero attached hydrogens (tertiary/aromatic N) is 3. The van der Waals surface area contributed by atoms with Crippen molar-refractivity contribution in [1.82, 2.24) is 9.97 Å². The van der Waals surface area contributed by atoms with Crippen molar-refractivity contribution in [3.05, 3.63) is 11.8 Å². The van der Waals surface area contributed by atoms with Gasteiger partial charge in [-0.2, -0.15) is 4.98 Å². The summed E-state index contributed by atoms with van der Waals surface area (Å²) in [5, 5.41) is 9.03. The maximum atomic E-state index is 11.0. The van der Waals surface area contributed by atoms with Crippen LogP contribution in [0.5, 0.6) is 5.88 Å². The van der Waals surface area contributed by atoms with Crippen LogP contribution in [0.2, 0.25) is 0 Å². The molecule has 2 rings (SSSR count). The number of rotatable bonds is 7. The van der Waals surface area contributed by atoms with E-state index in [2.05, 4.69) is 9.97 Å². The van der Waals surface area contributed by atoms with Gasteiger partial charge < -0.3 is 14.7 Å². The lowest BCUT2D eigenvalue weighted by molar-refractivity contribution is -0.135. The van der Waals surface area contributed by atoms with E-state index in [9.17, 15) is 4.79 Å². The Morgan fingerprint density at radius 3 is 2.75 bits per heavy atom. The third-order valence-corrected chi connectivity index (χ3v) is 2.96. The number of aryl methyl sites for hydroxylation is 1. The molecule has 1 aliphatic carbocycles. The Morgan fingerprint density at radius 2 is 2.20 bits per heavy atom. The van der Waals surface area contributed by atoms with Crippen molar-refractivity contribution in [3.8, 4) is 5.88 Å². The largest absolute Gasteiger partial charge is 0.480 e. The molecule has 1 saturated carbocycles. The van der Waals surface area contributed by atoms with Gasteiger partial charge in [0.2, 0.25) is 11.8 Å². The number of anilines is 1. The van der Waals surface area contributed by atoms with Gasteiger partial charge in [0.15, 0.2) is 0 Å². The van der Waals surface area contributed by atoms with E-state index < -0.39 is 5.97 Å². The number of carbonyl (C=O) groups is 1. The first-order valence-electron chi connectivity index (χ1n) is 6.93. The molecule has 0 saturated heterocycles. The van der Waals surface area contributed by atoms with Gasteiger partial charge in [-0.05, 0) is 39.5 Å². The predicted molar refractivity (Wildman–Crippen MR) is 75.1 cm³/mol. The molecule has 0 spiro atoms. The lowest BCUT2D eigenvalue weighted by Gasteiger charge is -2.21. The number of aromatic nitrogens is 2. The first kappa shape index (κ1) is 14.6. The van der Waals surface area contributed by atoms with Gasteiger partial charge in [0.1, 0.15) is 6.54 Å². The number of ether oxygens (including phenoxy) is 1. The Labute approximate surface area is 118 Å². The molecule has 20 heavy (non-hydrogen) atoms.